The maximum absolute atomic E-state index is 11.3. The van der Waals surface area contributed by atoms with Gasteiger partial charge in [0.05, 0.1) is 6.54 Å². The van der Waals surface area contributed by atoms with E-state index in [1.807, 2.05) is 6.92 Å². The average molecular weight is 263 g/mol. The molecule has 0 fully saturated rings. The van der Waals surface area contributed by atoms with Crippen LogP contribution in [0.1, 0.15) is 26.3 Å². The molecule has 0 saturated carbocycles. The number of hydrogen-bond acceptors (Lipinski definition) is 3. The Hall–Kier alpha value is -1.55. The van der Waals surface area contributed by atoms with Crippen LogP contribution < -0.4 is 15.5 Å². The second-order valence-corrected chi connectivity index (χ2v) is 4.40. The van der Waals surface area contributed by atoms with Crippen molar-refractivity contribution in [2.24, 2.45) is 0 Å². The number of benzene rings is 1. The van der Waals surface area contributed by atoms with Gasteiger partial charge in [0, 0.05) is 31.9 Å². The minimum atomic E-state index is 0.0438. The van der Waals surface area contributed by atoms with E-state index in [-0.39, 0.29) is 5.91 Å². The van der Waals surface area contributed by atoms with Crippen molar-refractivity contribution in [3.05, 3.63) is 29.8 Å². The largest absolute Gasteiger partial charge is 0.372 e. The van der Waals surface area contributed by atoms with Crippen LogP contribution in [0, 0.1) is 0 Å². The lowest BCUT2D eigenvalue weighted by molar-refractivity contribution is -0.120. The standard InChI is InChI=1S/C15H25N3O/c1-4-17-15(19)12-16-11-13-7-9-14(10-8-13)18(5-2)6-3/h7-10,16H,4-6,11-12H2,1-3H3,(H,17,19). The van der Waals surface area contributed by atoms with Gasteiger partial charge in [0.2, 0.25) is 5.91 Å². The normalized spacial score (nSPS) is 10.3. The van der Waals surface area contributed by atoms with Crippen LogP contribution in [-0.4, -0.2) is 32.1 Å². The van der Waals surface area contributed by atoms with Gasteiger partial charge in [-0.15, -0.1) is 0 Å². The number of anilines is 1. The van der Waals surface area contributed by atoms with E-state index in [0.717, 1.165) is 19.6 Å². The topological polar surface area (TPSA) is 44.4 Å². The minimum Gasteiger partial charge on any atom is -0.372 e. The zero-order valence-electron chi connectivity index (χ0n) is 12.2. The molecule has 0 atom stereocenters. The summed E-state index contributed by atoms with van der Waals surface area (Å²) in [6.07, 6.45) is 0. The Morgan fingerprint density at radius 1 is 1.11 bits per heavy atom. The highest BCUT2D eigenvalue weighted by molar-refractivity contribution is 5.77. The molecule has 0 aromatic heterocycles. The number of nitrogens with one attached hydrogen (secondary N) is 2. The number of carbonyl (C=O) groups excluding carboxylic acids is 1. The molecule has 0 aliphatic heterocycles. The maximum atomic E-state index is 11.3. The van der Waals surface area contributed by atoms with Gasteiger partial charge in [0.1, 0.15) is 0 Å². The number of likely N-dealkylation sites (N-methyl/N-ethyl adjacent to an activating group) is 1. The Labute approximate surface area is 116 Å². The summed E-state index contributed by atoms with van der Waals surface area (Å²) in [7, 11) is 0. The molecule has 2 N–H and O–H groups in total. The van der Waals surface area contributed by atoms with Crippen molar-refractivity contribution < 1.29 is 4.79 Å². The predicted octanol–water partition coefficient (Wildman–Crippen LogP) is 1.76. The van der Waals surface area contributed by atoms with Crippen LogP contribution in [0.25, 0.3) is 0 Å². The zero-order chi connectivity index (χ0) is 14.1. The van der Waals surface area contributed by atoms with Crippen LogP contribution in [0.5, 0.6) is 0 Å². The fourth-order valence-corrected chi connectivity index (χ4v) is 1.99. The van der Waals surface area contributed by atoms with Gasteiger partial charge in [0.15, 0.2) is 0 Å². The highest BCUT2D eigenvalue weighted by Crippen LogP contribution is 2.14. The first-order chi connectivity index (χ1) is 9.21. The first-order valence-corrected chi connectivity index (χ1v) is 7.02. The van der Waals surface area contributed by atoms with Gasteiger partial charge in [-0.2, -0.15) is 0 Å². The Morgan fingerprint density at radius 2 is 1.74 bits per heavy atom. The van der Waals surface area contributed by atoms with E-state index in [9.17, 15) is 4.79 Å². The second-order valence-electron chi connectivity index (χ2n) is 4.40. The third kappa shape index (κ3) is 5.30. The molecule has 19 heavy (non-hydrogen) atoms. The van der Waals surface area contributed by atoms with Crippen molar-refractivity contribution in [2.45, 2.75) is 27.3 Å². The van der Waals surface area contributed by atoms with Gasteiger partial charge in [-0.3, -0.25) is 4.79 Å². The summed E-state index contributed by atoms with van der Waals surface area (Å²) in [6.45, 7) is 10.0. The van der Waals surface area contributed by atoms with Crippen molar-refractivity contribution in [1.82, 2.24) is 10.6 Å². The summed E-state index contributed by atoms with van der Waals surface area (Å²) in [5, 5.41) is 5.90. The smallest absolute Gasteiger partial charge is 0.233 e. The van der Waals surface area contributed by atoms with Crippen molar-refractivity contribution in [1.29, 1.82) is 0 Å². The summed E-state index contributed by atoms with van der Waals surface area (Å²) < 4.78 is 0. The van der Waals surface area contributed by atoms with Crippen LogP contribution in [0.3, 0.4) is 0 Å². The average Bonchev–Trinajstić information content (AvgIpc) is 2.42. The van der Waals surface area contributed by atoms with Crippen molar-refractivity contribution >= 4 is 11.6 Å². The number of hydrogen-bond donors (Lipinski definition) is 2. The Morgan fingerprint density at radius 3 is 2.26 bits per heavy atom. The lowest BCUT2D eigenvalue weighted by Gasteiger charge is -2.21. The minimum absolute atomic E-state index is 0.0438. The molecule has 0 radical (unpaired) electrons. The fourth-order valence-electron chi connectivity index (χ4n) is 1.99. The predicted molar refractivity (Wildman–Crippen MR) is 80.4 cm³/mol. The van der Waals surface area contributed by atoms with E-state index in [0.29, 0.717) is 13.1 Å². The summed E-state index contributed by atoms with van der Waals surface area (Å²) >= 11 is 0. The maximum Gasteiger partial charge on any atom is 0.233 e. The molecule has 0 spiro atoms. The molecule has 1 amide bonds. The quantitative estimate of drug-likeness (QED) is 0.751. The number of carbonyl (C=O) groups is 1. The number of amides is 1. The van der Waals surface area contributed by atoms with Crippen LogP contribution in [-0.2, 0) is 11.3 Å². The summed E-state index contributed by atoms with van der Waals surface area (Å²) in [5.74, 6) is 0.0438. The van der Waals surface area contributed by atoms with E-state index in [4.69, 9.17) is 0 Å². The van der Waals surface area contributed by atoms with Gasteiger partial charge < -0.3 is 15.5 Å². The second kappa shape index (κ2) is 8.53. The lowest BCUT2D eigenvalue weighted by atomic mass is 10.2. The molecule has 0 aliphatic carbocycles. The van der Waals surface area contributed by atoms with Gasteiger partial charge >= 0.3 is 0 Å². The summed E-state index contributed by atoms with van der Waals surface area (Å²) in [5.41, 5.74) is 2.44. The van der Waals surface area contributed by atoms with Crippen molar-refractivity contribution in [3.8, 4) is 0 Å². The van der Waals surface area contributed by atoms with Crippen molar-refractivity contribution in [3.63, 3.8) is 0 Å². The molecule has 0 saturated heterocycles. The van der Waals surface area contributed by atoms with Crippen LogP contribution in [0.2, 0.25) is 0 Å². The first kappa shape index (κ1) is 15.5. The molecule has 106 valence electrons. The van der Waals surface area contributed by atoms with E-state index < -0.39 is 0 Å². The van der Waals surface area contributed by atoms with E-state index >= 15 is 0 Å². The van der Waals surface area contributed by atoms with Gasteiger partial charge in [-0.25, -0.2) is 0 Å². The van der Waals surface area contributed by atoms with E-state index in [1.54, 1.807) is 0 Å². The molecule has 0 unspecified atom stereocenters. The van der Waals surface area contributed by atoms with Crippen LogP contribution >= 0.6 is 0 Å². The Balaban J connectivity index is 2.42. The SMILES string of the molecule is CCNC(=O)CNCc1ccc(N(CC)CC)cc1. The van der Waals surface area contributed by atoms with Gasteiger partial charge in [-0.05, 0) is 38.5 Å². The van der Waals surface area contributed by atoms with E-state index in [1.165, 1.54) is 11.3 Å². The van der Waals surface area contributed by atoms with Gasteiger partial charge in [0.25, 0.3) is 0 Å². The summed E-state index contributed by atoms with van der Waals surface area (Å²) in [6, 6.07) is 8.49. The molecule has 1 aromatic rings. The molecule has 0 aliphatic rings. The Bertz CT molecular complexity index is 371. The molecular formula is C15H25N3O. The molecule has 4 nitrogen and oxygen atoms in total. The molecule has 1 aromatic carbocycles. The summed E-state index contributed by atoms with van der Waals surface area (Å²) in [4.78, 5) is 13.6. The van der Waals surface area contributed by atoms with Crippen LogP contribution in [0.15, 0.2) is 24.3 Å². The van der Waals surface area contributed by atoms with Gasteiger partial charge in [-0.1, -0.05) is 12.1 Å². The third-order valence-electron chi connectivity index (χ3n) is 3.05. The number of rotatable bonds is 8. The number of nitrogens with zero attached hydrogens (tertiary/aromatic N) is 1. The zero-order valence-corrected chi connectivity index (χ0v) is 12.2. The monoisotopic (exact) mass is 263 g/mol. The molecular weight excluding hydrogens is 238 g/mol. The lowest BCUT2D eigenvalue weighted by Crippen LogP contribution is -2.33. The molecule has 1 rings (SSSR count). The van der Waals surface area contributed by atoms with Crippen LogP contribution in [0.4, 0.5) is 5.69 Å². The first-order valence-electron chi connectivity index (χ1n) is 7.02. The molecule has 0 heterocycles. The van der Waals surface area contributed by atoms with E-state index in [2.05, 4.69) is 53.6 Å². The molecule has 0 bridgehead atoms. The molecule has 4 heteroatoms. The third-order valence-corrected chi connectivity index (χ3v) is 3.05. The Kier molecular flexibility index (Phi) is 6.97. The fraction of sp³-hybridized carbons (Fsp3) is 0.533. The highest BCUT2D eigenvalue weighted by Gasteiger charge is 2.02. The van der Waals surface area contributed by atoms with Crippen molar-refractivity contribution in [2.75, 3.05) is 31.1 Å². The highest BCUT2D eigenvalue weighted by atomic mass is 16.1.